The molecule has 0 aliphatic rings. The summed E-state index contributed by atoms with van der Waals surface area (Å²) in [5, 5.41) is 0. The van der Waals surface area contributed by atoms with Gasteiger partial charge >= 0.3 is 36.2 Å². The van der Waals surface area contributed by atoms with Gasteiger partial charge in [0.1, 0.15) is 0 Å². The summed E-state index contributed by atoms with van der Waals surface area (Å²) in [5.74, 6) is -3.77. The van der Waals surface area contributed by atoms with Crippen molar-refractivity contribution in [2.24, 2.45) is 0 Å². The van der Waals surface area contributed by atoms with E-state index in [0.29, 0.717) is 22.3 Å². The number of benzene rings is 2. The van der Waals surface area contributed by atoms with Crippen molar-refractivity contribution < 1.29 is 76.3 Å². The average Bonchev–Trinajstić information content (AvgIpc) is 3.14. The topological polar surface area (TPSA) is 210 Å². The van der Waals surface area contributed by atoms with Crippen LogP contribution in [0.2, 0.25) is 0 Å². The van der Waals surface area contributed by atoms with E-state index in [9.17, 15) is 38.4 Å². The number of thiol groups is 1. The zero-order valence-electron chi connectivity index (χ0n) is 31.4. The van der Waals surface area contributed by atoms with E-state index in [4.69, 9.17) is 18.9 Å². The third-order valence-corrected chi connectivity index (χ3v) is 5.07. The first-order valence-corrected chi connectivity index (χ1v) is 15.9. The quantitative estimate of drug-likeness (QED) is 0.0478. The number of ether oxygens (including phenoxy) is 8. The average molecular weight is 777 g/mol. The zero-order chi connectivity index (χ0) is 42.6. The molecule has 0 N–H and O–H groups in total. The van der Waals surface area contributed by atoms with E-state index in [1.54, 1.807) is 20.1 Å². The maximum Gasteiger partial charge on any atom is 0.522 e. The molecule has 0 aliphatic heterocycles. The highest BCUT2D eigenvalue weighted by Gasteiger charge is 2.21. The van der Waals surface area contributed by atoms with Crippen molar-refractivity contribution in [2.75, 3.05) is 20.5 Å². The molecule has 54 heavy (non-hydrogen) atoms. The molecule has 0 radical (unpaired) electrons. The van der Waals surface area contributed by atoms with Gasteiger partial charge in [-0.25, -0.2) is 28.8 Å². The highest BCUT2D eigenvalue weighted by molar-refractivity contribution is 7.79. The molecular formula is C37H44O16S. The number of carbonyl (C=O) groups excluding carboxylic acids is 8. The summed E-state index contributed by atoms with van der Waals surface area (Å²) in [6, 6.07) is 7.92. The molecule has 0 aliphatic carbocycles. The zero-order valence-corrected chi connectivity index (χ0v) is 32.3. The van der Waals surface area contributed by atoms with Gasteiger partial charge in [-0.05, 0) is 69.3 Å². The molecule has 0 saturated heterocycles. The first-order chi connectivity index (χ1) is 25.4. The lowest BCUT2D eigenvalue weighted by Gasteiger charge is -2.13. The van der Waals surface area contributed by atoms with Gasteiger partial charge in [-0.1, -0.05) is 52.3 Å². The second kappa shape index (κ2) is 29.1. The smallest absolute Gasteiger partial charge is 0.466 e. The number of hydrogen-bond donors (Lipinski definition) is 1. The van der Waals surface area contributed by atoms with Gasteiger partial charge in [-0.3, -0.25) is 9.59 Å². The monoisotopic (exact) mass is 776 g/mol. The third-order valence-electron chi connectivity index (χ3n) is 5.07. The number of methoxy groups -OCH3 is 2. The molecule has 294 valence electrons. The minimum Gasteiger partial charge on any atom is -0.466 e. The number of rotatable bonds is 11. The molecule has 0 fully saturated rings. The van der Waals surface area contributed by atoms with Crippen LogP contribution in [0.5, 0.6) is 23.0 Å². The van der Waals surface area contributed by atoms with E-state index in [1.165, 1.54) is 64.5 Å². The number of esters is 4. The van der Waals surface area contributed by atoms with Crippen LogP contribution in [0.4, 0.5) is 9.59 Å². The van der Waals surface area contributed by atoms with Crippen LogP contribution >= 0.6 is 12.6 Å². The van der Waals surface area contributed by atoms with Crippen molar-refractivity contribution in [3.8, 4) is 34.1 Å². The summed E-state index contributed by atoms with van der Waals surface area (Å²) in [6.07, 6.45) is -1.24. The SMILES string of the molecule is C=C(C)C(=O)OC.C=C(C)C(=O)OC.C=C(C)C(=O)OC(=O)Oc1ccc(-c2ccc(OC=O)c(OC=O)c2)cc1OC(=O)OC(=O)C(=C)C.CC.CS. The Balaban J connectivity index is -0.00000120. The van der Waals surface area contributed by atoms with Gasteiger partial charge in [0, 0.05) is 22.3 Å². The molecule has 0 spiro atoms. The van der Waals surface area contributed by atoms with Gasteiger partial charge in [0.15, 0.2) is 23.0 Å². The Kier molecular flexibility index (Phi) is 28.0. The number of hydrogen-bond acceptors (Lipinski definition) is 17. The van der Waals surface area contributed by atoms with E-state index in [1.807, 2.05) is 13.8 Å². The maximum absolute atomic E-state index is 12.1. The van der Waals surface area contributed by atoms with Gasteiger partial charge < -0.3 is 37.9 Å². The second-order valence-electron chi connectivity index (χ2n) is 9.34. The molecule has 17 heteroatoms. The van der Waals surface area contributed by atoms with Crippen molar-refractivity contribution in [1.82, 2.24) is 0 Å². The molecule has 2 rings (SSSR count). The van der Waals surface area contributed by atoms with Crippen LogP contribution in [-0.2, 0) is 47.7 Å². The molecule has 0 atom stereocenters. The normalized spacial score (nSPS) is 8.70. The molecule has 0 aromatic heterocycles. The van der Waals surface area contributed by atoms with Crippen molar-refractivity contribution >= 4 is 61.8 Å². The second-order valence-corrected chi connectivity index (χ2v) is 9.34. The largest absolute Gasteiger partial charge is 0.522 e. The van der Waals surface area contributed by atoms with Crippen LogP contribution in [-0.4, -0.2) is 69.6 Å². The molecule has 0 bridgehead atoms. The molecule has 0 heterocycles. The lowest BCUT2D eigenvalue weighted by molar-refractivity contribution is -0.136. The van der Waals surface area contributed by atoms with Crippen molar-refractivity contribution in [2.45, 2.75) is 41.5 Å². The summed E-state index contributed by atoms with van der Waals surface area (Å²) >= 11 is 3.53. The summed E-state index contributed by atoms with van der Waals surface area (Å²) in [7, 11) is 2.66. The fourth-order valence-corrected chi connectivity index (χ4v) is 2.73. The van der Waals surface area contributed by atoms with Crippen molar-refractivity contribution in [1.29, 1.82) is 0 Å². The Bertz CT molecular complexity index is 1660. The Hall–Kier alpha value is -6.49. The first kappa shape index (κ1) is 51.9. The lowest BCUT2D eigenvalue weighted by Crippen LogP contribution is -2.19. The predicted octanol–water partition coefficient (Wildman–Crippen LogP) is 6.70. The van der Waals surface area contributed by atoms with Crippen LogP contribution in [0, 0.1) is 0 Å². The summed E-state index contributed by atoms with van der Waals surface area (Å²) in [6.45, 7) is 23.4. The Morgan fingerprint density at radius 3 is 1.15 bits per heavy atom. The Morgan fingerprint density at radius 2 is 0.833 bits per heavy atom. The van der Waals surface area contributed by atoms with Gasteiger partial charge in [0.05, 0.1) is 14.2 Å². The van der Waals surface area contributed by atoms with Crippen LogP contribution < -0.4 is 18.9 Å². The van der Waals surface area contributed by atoms with Gasteiger partial charge in [-0.15, -0.1) is 0 Å². The van der Waals surface area contributed by atoms with E-state index in [-0.39, 0.29) is 53.3 Å². The minimum atomic E-state index is -1.48. The van der Waals surface area contributed by atoms with Crippen molar-refractivity contribution in [3.63, 3.8) is 0 Å². The van der Waals surface area contributed by atoms with Crippen LogP contribution in [0.25, 0.3) is 11.1 Å². The molecule has 0 saturated carbocycles. The van der Waals surface area contributed by atoms with Gasteiger partial charge in [0.25, 0.3) is 12.9 Å². The highest BCUT2D eigenvalue weighted by Crippen LogP contribution is 2.37. The van der Waals surface area contributed by atoms with Crippen LogP contribution in [0.1, 0.15) is 41.5 Å². The van der Waals surface area contributed by atoms with Crippen LogP contribution in [0.15, 0.2) is 85.0 Å². The van der Waals surface area contributed by atoms with E-state index < -0.39 is 30.0 Å². The Morgan fingerprint density at radius 1 is 0.519 bits per heavy atom. The molecule has 16 nitrogen and oxygen atoms in total. The Labute approximate surface area is 318 Å². The van der Waals surface area contributed by atoms with Gasteiger partial charge in [0.2, 0.25) is 0 Å². The van der Waals surface area contributed by atoms with E-state index in [2.05, 4.69) is 57.9 Å². The molecule has 2 aromatic carbocycles. The van der Waals surface area contributed by atoms with E-state index >= 15 is 0 Å². The fraction of sp³-hybridized carbons (Fsp3) is 0.243. The van der Waals surface area contributed by atoms with Crippen LogP contribution in [0.3, 0.4) is 0 Å². The van der Waals surface area contributed by atoms with Crippen molar-refractivity contribution in [3.05, 3.63) is 85.0 Å². The van der Waals surface area contributed by atoms with Gasteiger partial charge in [-0.2, -0.15) is 12.6 Å². The first-order valence-electron chi connectivity index (χ1n) is 15.0. The minimum absolute atomic E-state index is 0.0518. The summed E-state index contributed by atoms with van der Waals surface area (Å²) in [4.78, 5) is 89.0. The third kappa shape index (κ3) is 21.0. The maximum atomic E-state index is 12.1. The summed E-state index contributed by atoms with van der Waals surface area (Å²) in [5.41, 5.74) is 1.39. The lowest BCUT2D eigenvalue weighted by atomic mass is 10.0. The molecule has 0 amide bonds. The van der Waals surface area contributed by atoms with E-state index in [0.717, 1.165) is 0 Å². The number of carbonyl (C=O) groups is 8. The standard InChI is InChI=1S/C24H18O12.2C5H8O2.C2H6.CH4S/c1-13(2)21(27)35-23(29)33-18-8-6-16(10-20(18)34-24(30)36-22(28)14(3)4)15-5-7-17(31-11-25)19(9-15)32-12-26;2*1-4(2)5(6)7-3;2*1-2/h5-12H,1,3H2,2,4H3;2*1H2,2-3H3;1-2H3;2H,1H3. The summed E-state index contributed by atoms with van der Waals surface area (Å²) < 4.78 is 36.9. The fourth-order valence-electron chi connectivity index (χ4n) is 2.73. The predicted molar refractivity (Wildman–Crippen MR) is 199 cm³/mol. The molecular weight excluding hydrogens is 732 g/mol. The highest BCUT2D eigenvalue weighted by atomic mass is 32.1. The molecule has 2 aromatic rings. The molecule has 0 unspecified atom stereocenters.